The molecular formula is C35H43N3O3. The van der Waals surface area contributed by atoms with Crippen molar-refractivity contribution in [3.05, 3.63) is 101 Å². The van der Waals surface area contributed by atoms with Crippen molar-refractivity contribution >= 4 is 22.7 Å². The second-order valence-corrected chi connectivity index (χ2v) is 11.6. The summed E-state index contributed by atoms with van der Waals surface area (Å²) in [5.74, 6) is 0.634. The smallest absolute Gasteiger partial charge is 0.254 e. The number of aromatic amines is 1. The number of H-pyrrole nitrogens is 1. The summed E-state index contributed by atoms with van der Waals surface area (Å²) in [5, 5.41) is 1.17. The molecule has 0 aliphatic rings. The fourth-order valence-corrected chi connectivity index (χ4v) is 5.04. The van der Waals surface area contributed by atoms with Crippen LogP contribution in [0, 0.1) is 0 Å². The third-order valence-corrected chi connectivity index (χ3v) is 7.39. The first-order valence-corrected chi connectivity index (χ1v) is 14.6. The number of benzene rings is 3. The van der Waals surface area contributed by atoms with Crippen molar-refractivity contribution in [2.45, 2.75) is 59.4 Å². The fraction of sp³-hybridized carbons (Fsp3) is 0.371. The van der Waals surface area contributed by atoms with E-state index in [4.69, 9.17) is 4.74 Å². The summed E-state index contributed by atoms with van der Waals surface area (Å²) in [7, 11) is 0. The van der Waals surface area contributed by atoms with Crippen molar-refractivity contribution in [1.29, 1.82) is 0 Å². The maximum atomic E-state index is 13.8. The molecule has 0 saturated carbocycles. The Kier molecular flexibility index (Phi) is 9.87. The molecule has 6 nitrogen and oxygen atoms in total. The molecule has 0 saturated heterocycles. The number of nitrogens with one attached hydrogen (secondary N) is 1. The molecule has 6 heteroatoms. The van der Waals surface area contributed by atoms with E-state index in [-0.39, 0.29) is 23.8 Å². The van der Waals surface area contributed by atoms with Crippen LogP contribution in [0.25, 0.3) is 10.9 Å². The molecule has 41 heavy (non-hydrogen) atoms. The minimum absolute atomic E-state index is 0.00676. The predicted molar refractivity (Wildman–Crippen MR) is 166 cm³/mol. The summed E-state index contributed by atoms with van der Waals surface area (Å²) in [6, 6.07) is 23.9. The second-order valence-electron chi connectivity index (χ2n) is 11.6. The van der Waals surface area contributed by atoms with Gasteiger partial charge < -0.3 is 19.5 Å². The first-order valence-electron chi connectivity index (χ1n) is 14.6. The van der Waals surface area contributed by atoms with Crippen LogP contribution in [0.2, 0.25) is 0 Å². The van der Waals surface area contributed by atoms with Crippen LogP contribution in [-0.4, -0.2) is 52.8 Å². The maximum absolute atomic E-state index is 13.8. The average molecular weight is 554 g/mol. The van der Waals surface area contributed by atoms with Crippen molar-refractivity contribution in [3.8, 4) is 5.75 Å². The van der Waals surface area contributed by atoms with E-state index in [9.17, 15) is 9.59 Å². The van der Waals surface area contributed by atoms with Gasteiger partial charge in [0.15, 0.2) is 0 Å². The van der Waals surface area contributed by atoms with E-state index >= 15 is 0 Å². The Hall–Kier alpha value is -4.06. The second kappa shape index (κ2) is 13.5. The van der Waals surface area contributed by atoms with E-state index in [2.05, 4.69) is 37.9 Å². The van der Waals surface area contributed by atoms with Gasteiger partial charge in [-0.05, 0) is 72.2 Å². The van der Waals surface area contributed by atoms with Gasteiger partial charge in [-0.3, -0.25) is 9.59 Å². The normalized spacial score (nSPS) is 11.4. The highest BCUT2D eigenvalue weighted by atomic mass is 16.5. The van der Waals surface area contributed by atoms with Crippen LogP contribution in [0.15, 0.2) is 79.0 Å². The van der Waals surface area contributed by atoms with Gasteiger partial charge in [0.25, 0.3) is 5.91 Å². The molecule has 0 aliphatic heterocycles. The van der Waals surface area contributed by atoms with Crippen molar-refractivity contribution in [1.82, 2.24) is 14.8 Å². The Labute approximate surface area is 244 Å². The fourth-order valence-electron chi connectivity index (χ4n) is 5.04. The predicted octanol–water partition coefficient (Wildman–Crippen LogP) is 6.99. The number of carbonyl (C=O) groups excluding carboxylic acids is 2. The highest BCUT2D eigenvalue weighted by Crippen LogP contribution is 2.23. The molecule has 4 rings (SSSR count). The zero-order chi connectivity index (χ0) is 29.4. The molecule has 0 atom stereocenters. The average Bonchev–Trinajstić information content (AvgIpc) is 3.38. The first kappa shape index (κ1) is 29.9. The summed E-state index contributed by atoms with van der Waals surface area (Å²) in [6.45, 7) is 12.6. The Balaban J connectivity index is 1.53. The molecule has 216 valence electrons. The van der Waals surface area contributed by atoms with Gasteiger partial charge in [-0.2, -0.15) is 0 Å². The third kappa shape index (κ3) is 7.78. The molecule has 3 aromatic carbocycles. The van der Waals surface area contributed by atoms with E-state index in [0.717, 1.165) is 23.3 Å². The summed E-state index contributed by atoms with van der Waals surface area (Å²) < 4.78 is 5.60. The standard InChI is InChI=1S/C35H43N3O3/c1-6-21-38(34(40)27-14-16-29(17-15-27)35(3,4)5)25-33(39)37(24-26-12-18-30(19-13-26)41-7-2)22-20-28-23-36-32-11-9-8-10-31(28)32/h8-19,23,36H,6-7,20-22,24-25H2,1-5H3. The van der Waals surface area contributed by atoms with Gasteiger partial charge in [0.2, 0.25) is 5.91 Å². The summed E-state index contributed by atoms with van der Waals surface area (Å²) in [5.41, 5.74) is 5.07. The summed E-state index contributed by atoms with van der Waals surface area (Å²) >= 11 is 0. The quantitative estimate of drug-likeness (QED) is 0.206. The zero-order valence-corrected chi connectivity index (χ0v) is 25.1. The van der Waals surface area contributed by atoms with Gasteiger partial charge in [0, 0.05) is 42.3 Å². The van der Waals surface area contributed by atoms with E-state index in [1.807, 2.05) is 85.6 Å². The Morgan fingerprint density at radius 2 is 1.56 bits per heavy atom. The van der Waals surface area contributed by atoms with Crippen LogP contribution in [0.1, 0.15) is 68.1 Å². The van der Waals surface area contributed by atoms with Crippen LogP contribution in [0.4, 0.5) is 0 Å². The topological polar surface area (TPSA) is 65.6 Å². The minimum Gasteiger partial charge on any atom is -0.494 e. The van der Waals surface area contributed by atoms with Gasteiger partial charge in [0.05, 0.1) is 6.61 Å². The van der Waals surface area contributed by atoms with Crippen LogP contribution in [0.5, 0.6) is 5.75 Å². The van der Waals surface area contributed by atoms with Crippen LogP contribution in [0.3, 0.4) is 0 Å². The molecule has 0 bridgehead atoms. The maximum Gasteiger partial charge on any atom is 0.254 e. The lowest BCUT2D eigenvalue weighted by Crippen LogP contribution is -2.43. The van der Waals surface area contributed by atoms with Crippen molar-refractivity contribution in [3.63, 3.8) is 0 Å². The van der Waals surface area contributed by atoms with Crippen LogP contribution in [-0.2, 0) is 23.2 Å². The SMILES string of the molecule is CCCN(CC(=O)N(CCc1c[nH]c2ccccc12)Cc1ccc(OCC)cc1)C(=O)c1ccc(C(C)(C)C)cc1. The lowest BCUT2D eigenvalue weighted by molar-refractivity contribution is -0.132. The highest BCUT2D eigenvalue weighted by molar-refractivity contribution is 5.96. The molecule has 0 radical (unpaired) electrons. The molecular weight excluding hydrogens is 510 g/mol. The molecule has 1 heterocycles. The Bertz CT molecular complexity index is 1430. The number of nitrogens with zero attached hydrogens (tertiary/aromatic N) is 2. The number of rotatable bonds is 12. The molecule has 0 aliphatic carbocycles. The lowest BCUT2D eigenvalue weighted by Gasteiger charge is -2.28. The van der Waals surface area contributed by atoms with Gasteiger partial charge in [-0.15, -0.1) is 0 Å². The Morgan fingerprint density at radius 1 is 0.854 bits per heavy atom. The van der Waals surface area contributed by atoms with Gasteiger partial charge in [0.1, 0.15) is 12.3 Å². The Morgan fingerprint density at radius 3 is 2.22 bits per heavy atom. The number of aromatic nitrogens is 1. The molecule has 4 aromatic rings. The number of hydrogen-bond donors (Lipinski definition) is 1. The largest absolute Gasteiger partial charge is 0.494 e. The highest BCUT2D eigenvalue weighted by Gasteiger charge is 2.23. The lowest BCUT2D eigenvalue weighted by atomic mass is 9.86. The zero-order valence-electron chi connectivity index (χ0n) is 25.1. The molecule has 1 aromatic heterocycles. The number of fused-ring (bicyclic) bond motifs is 1. The van der Waals surface area contributed by atoms with E-state index < -0.39 is 0 Å². The van der Waals surface area contributed by atoms with Crippen LogP contribution >= 0.6 is 0 Å². The molecule has 0 fully saturated rings. The minimum atomic E-state index is -0.113. The van der Waals surface area contributed by atoms with Crippen molar-refractivity contribution in [2.75, 3.05) is 26.2 Å². The number of carbonyl (C=O) groups is 2. The van der Waals surface area contributed by atoms with E-state index in [0.29, 0.717) is 38.2 Å². The van der Waals surface area contributed by atoms with E-state index in [1.165, 1.54) is 16.5 Å². The summed E-state index contributed by atoms with van der Waals surface area (Å²) in [4.78, 5) is 34.3. The van der Waals surface area contributed by atoms with Crippen molar-refractivity contribution in [2.24, 2.45) is 0 Å². The summed E-state index contributed by atoms with van der Waals surface area (Å²) in [6.07, 6.45) is 3.51. The number of para-hydroxylation sites is 1. The van der Waals surface area contributed by atoms with Gasteiger partial charge in [-0.25, -0.2) is 0 Å². The third-order valence-electron chi connectivity index (χ3n) is 7.39. The number of hydrogen-bond acceptors (Lipinski definition) is 3. The van der Waals surface area contributed by atoms with Crippen molar-refractivity contribution < 1.29 is 14.3 Å². The van der Waals surface area contributed by atoms with Gasteiger partial charge in [-0.1, -0.05) is 70.2 Å². The molecule has 0 unspecified atom stereocenters. The molecule has 0 spiro atoms. The van der Waals surface area contributed by atoms with Gasteiger partial charge >= 0.3 is 0 Å². The first-order chi connectivity index (χ1) is 19.7. The number of amides is 2. The van der Waals surface area contributed by atoms with E-state index in [1.54, 1.807) is 4.90 Å². The van der Waals surface area contributed by atoms with Crippen LogP contribution < -0.4 is 4.74 Å². The number of ether oxygens (including phenoxy) is 1. The monoisotopic (exact) mass is 553 g/mol. The molecule has 1 N–H and O–H groups in total. The molecule has 2 amide bonds.